The molecule has 1 aromatic heterocycles. The van der Waals surface area contributed by atoms with Gasteiger partial charge in [-0.2, -0.15) is 0 Å². The first kappa shape index (κ1) is 15.8. The number of rotatable bonds is 5. The maximum Gasteiger partial charge on any atom is 0.251 e. The standard InChI is InChI=1S/C16H21N3OS/c1-10-5-6-13(7-11(10)2)14(17-4)9-21-16-18-12(3)8-15(20)19-16/h5-8,14,17H,9H2,1-4H3,(H,18,19,20). The summed E-state index contributed by atoms with van der Waals surface area (Å²) in [7, 11) is 1.95. The number of aryl methyl sites for hydroxylation is 3. The Labute approximate surface area is 129 Å². The molecule has 4 nitrogen and oxygen atoms in total. The molecule has 1 atom stereocenters. The molecular formula is C16H21N3OS. The van der Waals surface area contributed by atoms with Crippen LogP contribution in [0.15, 0.2) is 34.2 Å². The Hall–Kier alpha value is -1.59. The summed E-state index contributed by atoms with van der Waals surface area (Å²) in [4.78, 5) is 18.6. The maximum absolute atomic E-state index is 11.5. The van der Waals surface area contributed by atoms with Crippen molar-refractivity contribution in [1.29, 1.82) is 0 Å². The SMILES string of the molecule is CNC(CSc1nc(C)cc(=O)[nH]1)c1ccc(C)c(C)c1. The third kappa shape index (κ3) is 4.19. The Morgan fingerprint density at radius 1 is 1.24 bits per heavy atom. The largest absolute Gasteiger partial charge is 0.312 e. The van der Waals surface area contributed by atoms with Gasteiger partial charge in [-0.05, 0) is 44.5 Å². The van der Waals surface area contributed by atoms with Crippen molar-refractivity contribution in [2.24, 2.45) is 0 Å². The highest BCUT2D eigenvalue weighted by Crippen LogP contribution is 2.23. The van der Waals surface area contributed by atoms with E-state index in [0.717, 1.165) is 11.4 Å². The van der Waals surface area contributed by atoms with Gasteiger partial charge in [0.15, 0.2) is 5.16 Å². The second kappa shape index (κ2) is 6.91. The fourth-order valence-electron chi connectivity index (χ4n) is 2.11. The minimum absolute atomic E-state index is 0.0998. The number of nitrogens with one attached hydrogen (secondary N) is 2. The van der Waals surface area contributed by atoms with Crippen LogP contribution < -0.4 is 10.9 Å². The Bertz CT molecular complexity index is 681. The number of aromatic amines is 1. The molecule has 1 aromatic carbocycles. The Kier molecular flexibility index (Phi) is 5.20. The lowest BCUT2D eigenvalue weighted by Gasteiger charge is -2.17. The van der Waals surface area contributed by atoms with Gasteiger partial charge < -0.3 is 10.3 Å². The summed E-state index contributed by atoms with van der Waals surface area (Å²) in [6, 6.07) is 8.23. The van der Waals surface area contributed by atoms with Gasteiger partial charge in [-0.15, -0.1) is 0 Å². The summed E-state index contributed by atoms with van der Waals surface area (Å²) < 4.78 is 0. The van der Waals surface area contributed by atoms with Gasteiger partial charge in [0.05, 0.1) is 0 Å². The van der Waals surface area contributed by atoms with Crippen molar-refractivity contribution < 1.29 is 0 Å². The van der Waals surface area contributed by atoms with Crippen LogP contribution in [0.4, 0.5) is 0 Å². The summed E-state index contributed by atoms with van der Waals surface area (Å²) >= 11 is 1.56. The van der Waals surface area contributed by atoms with Gasteiger partial charge in [-0.1, -0.05) is 30.0 Å². The fourth-order valence-corrected chi connectivity index (χ4v) is 3.17. The van der Waals surface area contributed by atoms with Crippen molar-refractivity contribution in [3.8, 4) is 0 Å². The molecule has 0 bridgehead atoms. The molecule has 2 N–H and O–H groups in total. The van der Waals surface area contributed by atoms with Gasteiger partial charge in [-0.25, -0.2) is 4.98 Å². The number of hydrogen-bond donors (Lipinski definition) is 2. The van der Waals surface area contributed by atoms with E-state index in [-0.39, 0.29) is 11.6 Å². The first-order valence-corrected chi connectivity index (χ1v) is 7.93. The van der Waals surface area contributed by atoms with Gasteiger partial charge in [0.1, 0.15) is 0 Å². The highest BCUT2D eigenvalue weighted by atomic mass is 32.2. The van der Waals surface area contributed by atoms with E-state index < -0.39 is 0 Å². The number of thioether (sulfide) groups is 1. The van der Waals surface area contributed by atoms with Crippen LogP contribution in [-0.2, 0) is 0 Å². The second-order valence-corrected chi connectivity index (χ2v) is 6.20. The molecule has 2 rings (SSSR count). The van der Waals surface area contributed by atoms with Gasteiger partial charge >= 0.3 is 0 Å². The van der Waals surface area contributed by atoms with Crippen LogP contribution in [0.5, 0.6) is 0 Å². The lowest BCUT2D eigenvalue weighted by Crippen LogP contribution is -2.19. The zero-order chi connectivity index (χ0) is 15.4. The number of nitrogens with zero attached hydrogens (tertiary/aromatic N) is 1. The molecule has 5 heteroatoms. The molecule has 0 saturated carbocycles. The van der Waals surface area contributed by atoms with Crippen molar-refractivity contribution in [3.63, 3.8) is 0 Å². The van der Waals surface area contributed by atoms with Crippen molar-refractivity contribution >= 4 is 11.8 Å². The highest BCUT2D eigenvalue weighted by molar-refractivity contribution is 7.99. The lowest BCUT2D eigenvalue weighted by molar-refractivity contribution is 0.660. The molecule has 0 aliphatic rings. The van der Waals surface area contributed by atoms with Gasteiger partial charge in [0.25, 0.3) is 5.56 Å². The van der Waals surface area contributed by atoms with Crippen LogP contribution in [0.3, 0.4) is 0 Å². The zero-order valence-electron chi connectivity index (χ0n) is 12.9. The Balaban J connectivity index is 2.12. The predicted molar refractivity (Wildman–Crippen MR) is 88.0 cm³/mol. The lowest BCUT2D eigenvalue weighted by atomic mass is 10.0. The molecule has 0 aliphatic carbocycles. The number of hydrogen-bond acceptors (Lipinski definition) is 4. The van der Waals surface area contributed by atoms with Crippen LogP contribution >= 0.6 is 11.8 Å². The van der Waals surface area contributed by atoms with Crippen LogP contribution in [0.2, 0.25) is 0 Å². The summed E-state index contributed by atoms with van der Waals surface area (Å²) in [5.41, 5.74) is 4.49. The van der Waals surface area contributed by atoms with Crippen LogP contribution in [0.1, 0.15) is 28.4 Å². The van der Waals surface area contributed by atoms with E-state index in [1.807, 2.05) is 14.0 Å². The number of benzene rings is 1. The van der Waals surface area contributed by atoms with E-state index in [2.05, 4.69) is 47.3 Å². The quantitative estimate of drug-likeness (QED) is 0.659. The summed E-state index contributed by atoms with van der Waals surface area (Å²) in [5.74, 6) is 0.811. The second-order valence-electron chi connectivity index (χ2n) is 5.19. The summed E-state index contributed by atoms with van der Waals surface area (Å²) in [6.07, 6.45) is 0. The summed E-state index contributed by atoms with van der Waals surface area (Å²) in [6.45, 7) is 6.07. The van der Waals surface area contributed by atoms with E-state index in [1.165, 1.54) is 22.8 Å². The van der Waals surface area contributed by atoms with E-state index in [1.54, 1.807) is 11.8 Å². The molecule has 21 heavy (non-hydrogen) atoms. The van der Waals surface area contributed by atoms with E-state index in [9.17, 15) is 4.79 Å². The molecule has 1 heterocycles. The maximum atomic E-state index is 11.5. The number of aromatic nitrogens is 2. The van der Waals surface area contributed by atoms with Crippen molar-refractivity contribution in [2.45, 2.75) is 32.0 Å². The average molecular weight is 303 g/mol. The number of H-pyrrole nitrogens is 1. The van der Waals surface area contributed by atoms with Crippen molar-refractivity contribution in [3.05, 3.63) is 57.0 Å². The topological polar surface area (TPSA) is 57.8 Å². The van der Waals surface area contributed by atoms with Crippen LogP contribution in [0, 0.1) is 20.8 Å². The van der Waals surface area contributed by atoms with Crippen molar-refractivity contribution in [2.75, 3.05) is 12.8 Å². The molecule has 0 aliphatic heterocycles. The normalized spacial score (nSPS) is 12.4. The molecule has 0 amide bonds. The molecule has 1 unspecified atom stereocenters. The molecule has 0 radical (unpaired) electrons. The van der Waals surface area contributed by atoms with E-state index in [4.69, 9.17) is 0 Å². The van der Waals surface area contributed by atoms with Gasteiger partial charge in [0.2, 0.25) is 0 Å². The molecule has 0 spiro atoms. The minimum atomic E-state index is -0.0998. The van der Waals surface area contributed by atoms with Crippen LogP contribution in [0.25, 0.3) is 0 Å². The first-order valence-electron chi connectivity index (χ1n) is 6.95. The molecule has 0 saturated heterocycles. The van der Waals surface area contributed by atoms with Gasteiger partial charge in [0, 0.05) is 23.6 Å². The molecule has 2 aromatic rings. The van der Waals surface area contributed by atoms with Gasteiger partial charge in [-0.3, -0.25) is 4.79 Å². The monoisotopic (exact) mass is 303 g/mol. The predicted octanol–water partition coefficient (Wildman–Crippen LogP) is 2.75. The summed E-state index contributed by atoms with van der Waals surface area (Å²) in [5, 5.41) is 3.99. The van der Waals surface area contributed by atoms with Crippen LogP contribution in [-0.4, -0.2) is 22.8 Å². The smallest absolute Gasteiger partial charge is 0.251 e. The average Bonchev–Trinajstić information content (AvgIpc) is 2.42. The molecular weight excluding hydrogens is 282 g/mol. The van der Waals surface area contributed by atoms with E-state index >= 15 is 0 Å². The highest BCUT2D eigenvalue weighted by Gasteiger charge is 2.11. The molecule has 0 fully saturated rings. The minimum Gasteiger partial charge on any atom is -0.312 e. The third-order valence-electron chi connectivity index (χ3n) is 3.52. The zero-order valence-corrected chi connectivity index (χ0v) is 13.7. The first-order chi connectivity index (χ1) is 9.99. The Morgan fingerprint density at radius 2 is 2.00 bits per heavy atom. The Morgan fingerprint density at radius 3 is 2.62 bits per heavy atom. The molecule has 112 valence electrons. The van der Waals surface area contributed by atoms with Crippen molar-refractivity contribution in [1.82, 2.24) is 15.3 Å². The third-order valence-corrected chi connectivity index (χ3v) is 4.48. The van der Waals surface area contributed by atoms with E-state index in [0.29, 0.717) is 5.16 Å². The fraction of sp³-hybridized carbons (Fsp3) is 0.375.